The third-order valence-corrected chi connectivity index (χ3v) is 7.76. The van der Waals surface area contributed by atoms with E-state index in [0.717, 1.165) is 57.6 Å². The Balaban J connectivity index is 1.72. The lowest BCUT2D eigenvalue weighted by atomic mass is 9.92. The minimum absolute atomic E-state index is 0.0304. The molecule has 7 nitrogen and oxygen atoms in total. The first kappa shape index (κ1) is 23.2. The number of carbonyl (C=O) groups excluding carboxylic acids is 1. The van der Waals surface area contributed by atoms with Crippen LogP contribution < -0.4 is 10.0 Å². The number of carbonyl (C=O) groups is 1. The predicted molar refractivity (Wildman–Crippen MR) is 117 cm³/mol. The molecule has 2 fully saturated rings. The summed E-state index contributed by atoms with van der Waals surface area (Å²) in [5.41, 5.74) is 1.18. The van der Waals surface area contributed by atoms with Crippen LogP contribution in [0, 0.1) is 12.8 Å². The number of nitrogens with zero attached hydrogens (tertiary/aromatic N) is 1. The molecule has 1 aromatic carbocycles. The van der Waals surface area contributed by atoms with Gasteiger partial charge >= 0.3 is 0 Å². The number of hydrogen-bond acceptors (Lipinski definition) is 5. The maximum atomic E-state index is 13.0. The van der Waals surface area contributed by atoms with Crippen molar-refractivity contribution < 1.29 is 17.9 Å². The molecule has 2 N–H and O–H groups in total. The number of benzene rings is 1. The molecule has 1 aromatic rings. The quantitative estimate of drug-likeness (QED) is 0.586. The van der Waals surface area contributed by atoms with Crippen LogP contribution >= 0.6 is 0 Å². The van der Waals surface area contributed by atoms with Gasteiger partial charge in [-0.3, -0.25) is 9.69 Å². The monoisotopic (exact) mass is 437 g/mol. The van der Waals surface area contributed by atoms with E-state index < -0.39 is 10.0 Å². The summed E-state index contributed by atoms with van der Waals surface area (Å²) in [6.07, 6.45) is 3.84. The van der Waals surface area contributed by atoms with Gasteiger partial charge in [0.05, 0.1) is 18.1 Å². The van der Waals surface area contributed by atoms with Crippen LogP contribution in [0.5, 0.6) is 0 Å². The molecule has 1 unspecified atom stereocenters. The van der Waals surface area contributed by atoms with Crippen molar-refractivity contribution >= 4 is 15.9 Å². The summed E-state index contributed by atoms with van der Waals surface area (Å²) in [6.45, 7) is 9.94. The van der Waals surface area contributed by atoms with Gasteiger partial charge in [-0.05, 0) is 43.4 Å². The van der Waals surface area contributed by atoms with E-state index in [1.165, 1.54) is 6.07 Å². The third kappa shape index (κ3) is 5.81. The summed E-state index contributed by atoms with van der Waals surface area (Å²) < 4.78 is 33.3. The summed E-state index contributed by atoms with van der Waals surface area (Å²) in [6, 6.07) is 5.05. The van der Waals surface area contributed by atoms with Gasteiger partial charge in [0.25, 0.3) is 5.91 Å². The van der Waals surface area contributed by atoms with Gasteiger partial charge in [-0.15, -0.1) is 0 Å². The van der Waals surface area contributed by atoms with Crippen LogP contribution in [0.1, 0.15) is 55.5 Å². The van der Waals surface area contributed by atoms with Gasteiger partial charge in [-0.1, -0.05) is 32.8 Å². The van der Waals surface area contributed by atoms with Gasteiger partial charge in [0.1, 0.15) is 0 Å². The fourth-order valence-electron chi connectivity index (χ4n) is 4.13. The van der Waals surface area contributed by atoms with Gasteiger partial charge in [0.15, 0.2) is 0 Å². The minimum Gasteiger partial charge on any atom is -0.379 e. The molecular formula is C22H35N3O4S. The zero-order valence-electron chi connectivity index (χ0n) is 18.3. The van der Waals surface area contributed by atoms with Crippen molar-refractivity contribution in [1.29, 1.82) is 0 Å². The van der Waals surface area contributed by atoms with Gasteiger partial charge in [0, 0.05) is 37.3 Å². The molecule has 30 heavy (non-hydrogen) atoms. The van der Waals surface area contributed by atoms with Crippen molar-refractivity contribution in [3.63, 3.8) is 0 Å². The summed E-state index contributed by atoms with van der Waals surface area (Å²) in [4.78, 5) is 15.6. The van der Waals surface area contributed by atoms with Crippen LogP contribution in [0.2, 0.25) is 0 Å². The fraction of sp³-hybridized carbons (Fsp3) is 0.682. The SMILES string of the molecule is CCC(CC)C(CNC(=O)c1cc(S(=O)(=O)NC2CC2)ccc1C)N1CCOCC1. The van der Waals surface area contributed by atoms with E-state index in [0.29, 0.717) is 18.0 Å². The summed E-state index contributed by atoms with van der Waals surface area (Å²) in [5.74, 6) is 0.263. The van der Waals surface area contributed by atoms with E-state index in [1.807, 2.05) is 6.92 Å². The molecular weight excluding hydrogens is 402 g/mol. The van der Waals surface area contributed by atoms with E-state index in [1.54, 1.807) is 12.1 Å². The van der Waals surface area contributed by atoms with Gasteiger partial charge in [-0.2, -0.15) is 0 Å². The summed E-state index contributed by atoms with van der Waals surface area (Å²) >= 11 is 0. The topological polar surface area (TPSA) is 87.7 Å². The summed E-state index contributed by atoms with van der Waals surface area (Å²) in [7, 11) is -3.59. The molecule has 3 rings (SSSR count). The number of aryl methyl sites for hydroxylation is 1. The molecule has 1 aliphatic heterocycles. The Morgan fingerprint density at radius 1 is 1.20 bits per heavy atom. The first-order valence-corrected chi connectivity index (χ1v) is 12.6. The van der Waals surface area contributed by atoms with Crippen LogP contribution in [0.15, 0.2) is 23.1 Å². The Labute approximate surface area is 180 Å². The second-order valence-corrected chi connectivity index (χ2v) is 10.1. The first-order valence-electron chi connectivity index (χ1n) is 11.1. The molecule has 0 aromatic heterocycles. The van der Waals surface area contributed by atoms with E-state index in [4.69, 9.17) is 4.74 Å². The molecule has 8 heteroatoms. The molecule has 0 radical (unpaired) electrons. The normalized spacial score (nSPS) is 19.1. The lowest BCUT2D eigenvalue weighted by molar-refractivity contribution is 0.00191. The highest BCUT2D eigenvalue weighted by Gasteiger charge is 2.30. The largest absolute Gasteiger partial charge is 0.379 e. The number of ether oxygens (including phenoxy) is 1. The highest BCUT2D eigenvalue weighted by molar-refractivity contribution is 7.89. The van der Waals surface area contributed by atoms with Gasteiger partial charge in [-0.25, -0.2) is 13.1 Å². The molecule has 0 bridgehead atoms. The van der Waals surface area contributed by atoms with Crippen LogP contribution in [-0.2, 0) is 14.8 Å². The highest BCUT2D eigenvalue weighted by Crippen LogP contribution is 2.24. The smallest absolute Gasteiger partial charge is 0.251 e. The van der Waals surface area contributed by atoms with E-state index in [-0.39, 0.29) is 22.9 Å². The van der Waals surface area contributed by atoms with Crippen LogP contribution in [0.3, 0.4) is 0 Å². The molecule has 1 saturated carbocycles. The van der Waals surface area contributed by atoms with Crippen molar-refractivity contribution in [2.24, 2.45) is 5.92 Å². The zero-order valence-corrected chi connectivity index (χ0v) is 19.1. The number of amides is 1. The fourth-order valence-corrected chi connectivity index (χ4v) is 5.46. The molecule has 1 saturated heterocycles. The average Bonchev–Trinajstić information content (AvgIpc) is 3.55. The Morgan fingerprint density at radius 3 is 2.47 bits per heavy atom. The molecule has 1 aliphatic carbocycles. The Hall–Kier alpha value is -1.48. The average molecular weight is 438 g/mol. The van der Waals surface area contributed by atoms with Crippen LogP contribution in [0.25, 0.3) is 0 Å². The molecule has 1 amide bonds. The van der Waals surface area contributed by atoms with E-state index in [2.05, 4.69) is 28.8 Å². The maximum Gasteiger partial charge on any atom is 0.251 e. The zero-order chi connectivity index (χ0) is 21.7. The predicted octanol–water partition coefficient (Wildman–Crippen LogP) is 2.30. The second-order valence-electron chi connectivity index (χ2n) is 8.37. The number of hydrogen-bond donors (Lipinski definition) is 2. The minimum atomic E-state index is -3.59. The first-order chi connectivity index (χ1) is 14.4. The molecule has 1 heterocycles. The second kappa shape index (κ2) is 10.2. The van der Waals surface area contributed by atoms with Crippen molar-refractivity contribution in [1.82, 2.24) is 14.9 Å². The van der Waals surface area contributed by atoms with Gasteiger partial charge < -0.3 is 10.1 Å². The molecule has 168 valence electrons. The van der Waals surface area contributed by atoms with Crippen molar-refractivity contribution in [2.45, 2.75) is 63.4 Å². The van der Waals surface area contributed by atoms with E-state index >= 15 is 0 Å². The van der Waals surface area contributed by atoms with Crippen LogP contribution in [0.4, 0.5) is 0 Å². The standard InChI is InChI=1S/C22H35N3O4S/c1-4-17(5-2)21(25-10-12-29-13-11-25)15-23-22(26)20-14-19(9-6-16(20)3)30(27,28)24-18-7-8-18/h6,9,14,17-18,21,24H,4-5,7-8,10-13,15H2,1-3H3,(H,23,26). The van der Waals surface area contributed by atoms with Crippen molar-refractivity contribution in [3.05, 3.63) is 29.3 Å². The summed E-state index contributed by atoms with van der Waals surface area (Å²) in [5, 5.41) is 3.08. The molecule has 2 aliphatic rings. The number of nitrogens with one attached hydrogen (secondary N) is 2. The number of rotatable bonds is 10. The number of sulfonamides is 1. The highest BCUT2D eigenvalue weighted by atomic mass is 32.2. The Morgan fingerprint density at radius 2 is 1.87 bits per heavy atom. The van der Waals surface area contributed by atoms with Crippen molar-refractivity contribution in [3.8, 4) is 0 Å². The maximum absolute atomic E-state index is 13.0. The van der Waals surface area contributed by atoms with Crippen LogP contribution in [-0.4, -0.2) is 64.2 Å². The Bertz CT molecular complexity index is 829. The van der Waals surface area contributed by atoms with E-state index in [9.17, 15) is 13.2 Å². The third-order valence-electron chi connectivity index (χ3n) is 6.24. The number of morpholine rings is 1. The lowest BCUT2D eigenvalue weighted by Crippen LogP contribution is -2.52. The molecule has 0 spiro atoms. The van der Waals surface area contributed by atoms with Crippen molar-refractivity contribution in [2.75, 3.05) is 32.8 Å². The lowest BCUT2D eigenvalue weighted by Gasteiger charge is -2.38. The van der Waals surface area contributed by atoms with Gasteiger partial charge in [0.2, 0.25) is 10.0 Å². The molecule has 1 atom stereocenters. The Kier molecular flexibility index (Phi) is 7.90.